The summed E-state index contributed by atoms with van der Waals surface area (Å²) in [7, 11) is 0. The van der Waals surface area contributed by atoms with E-state index in [2.05, 4.69) is 21.7 Å². The molecule has 1 atom stereocenters. The summed E-state index contributed by atoms with van der Waals surface area (Å²) in [5.74, 6) is 0.372. The van der Waals surface area contributed by atoms with Crippen LogP contribution in [-0.2, 0) is 6.54 Å². The van der Waals surface area contributed by atoms with Crippen LogP contribution in [0.3, 0.4) is 0 Å². The Kier molecular flexibility index (Phi) is 4.43. The molecule has 2 aromatic heterocycles. The Hall–Kier alpha value is -2.73. The number of carbonyl (C=O) groups is 1. The van der Waals surface area contributed by atoms with E-state index < -0.39 is 0 Å². The fourth-order valence-electron chi connectivity index (χ4n) is 3.35. The predicted octanol–water partition coefficient (Wildman–Crippen LogP) is 1.94. The summed E-state index contributed by atoms with van der Waals surface area (Å²) in [5.41, 5.74) is 2.67. The van der Waals surface area contributed by atoms with Gasteiger partial charge in [0.25, 0.3) is 5.91 Å². The van der Waals surface area contributed by atoms with E-state index in [-0.39, 0.29) is 5.91 Å². The number of rotatable bonds is 5. The van der Waals surface area contributed by atoms with Crippen LogP contribution in [0.5, 0.6) is 0 Å². The number of nitrogens with one attached hydrogen (secondary N) is 2. The van der Waals surface area contributed by atoms with Crippen LogP contribution in [-0.4, -0.2) is 40.3 Å². The first-order chi connectivity index (χ1) is 12.3. The second kappa shape index (κ2) is 7.03. The fraction of sp³-hybridized carbons (Fsp3) is 0.316. The number of amides is 1. The van der Waals surface area contributed by atoms with Crippen LogP contribution in [0.4, 0.5) is 0 Å². The smallest absolute Gasteiger partial charge is 0.251 e. The summed E-state index contributed by atoms with van der Waals surface area (Å²) in [4.78, 5) is 16.6. The zero-order chi connectivity index (χ0) is 17.1. The first-order valence-corrected chi connectivity index (χ1v) is 8.68. The Morgan fingerprint density at radius 3 is 2.92 bits per heavy atom. The number of benzene rings is 1. The highest BCUT2D eigenvalue weighted by molar-refractivity contribution is 5.94. The van der Waals surface area contributed by atoms with Gasteiger partial charge in [-0.25, -0.2) is 9.67 Å². The van der Waals surface area contributed by atoms with Gasteiger partial charge in [-0.2, -0.15) is 5.10 Å². The van der Waals surface area contributed by atoms with E-state index in [4.69, 9.17) is 5.10 Å². The van der Waals surface area contributed by atoms with Crippen LogP contribution >= 0.6 is 0 Å². The minimum atomic E-state index is -0.0646. The Labute approximate surface area is 146 Å². The lowest BCUT2D eigenvalue weighted by Crippen LogP contribution is -2.27. The summed E-state index contributed by atoms with van der Waals surface area (Å²) in [6.07, 6.45) is 2.89. The SMILES string of the molecule is O=C(NCCn1nc([C@H]2CCNC2)c2cccnc21)c1ccccc1. The molecule has 0 spiro atoms. The van der Waals surface area contributed by atoms with Gasteiger partial charge in [0.1, 0.15) is 0 Å². The maximum absolute atomic E-state index is 12.1. The first-order valence-electron chi connectivity index (χ1n) is 8.68. The van der Waals surface area contributed by atoms with Crippen LogP contribution in [0, 0.1) is 0 Å². The van der Waals surface area contributed by atoms with Gasteiger partial charge in [0.2, 0.25) is 0 Å². The molecule has 0 radical (unpaired) electrons. The molecule has 6 nitrogen and oxygen atoms in total. The number of fused-ring (bicyclic) bond motifs is 1. The van der Waals surface area contributed by atoms with Crippen LogP contribution in [0.15, 0.2) is 48.7 Å². The lowest BCUT2D eigenvalue weighted by atomic mass is 10.0. The second-order valence-corrected chi connectivity index (χ2v) is 6.29. The average Bonchev–Trinajstić information content (AvgIpc) is 3.30. The van der Waals surface area contributed by atoms with Crippen molar-refractivity contribution >= 4 is 16.9 Å². The number of pyridine rings is 1. The number of hydrogen-bond acceptors (Lipinski definition) is 4. The number of hydrogen-bond donors (Lipinski definition) is 2. The van der Waals surface area contributed by atoms with Crippen LogP contribution < -0.4 is 10.6 Å². The lowest BCUT2D eigenvalue weighted by molar-refractivity contribution is 0.0952. The van der Waals surface area contributed by atoms with E-state index >= 15 is 0 Å². The molecule has 6 heteroatoms. The van der Waals surface area contributed by atoms with Crippen molar-refractivity contribution in [1.29, 1.82) is 0 Å². The average molecular weight is 335 g/mol. The van der Waals surface area contributed by atoms with E-state index in [0.29, 0.717) is 24.6 Å². The maximum atomic E-state index is 12.1. The van der Waals surface area contributed by atoms with Gasteiger partial charge in [-0.05, 0) is 37.2 Å². The highest BCUT2D eigenvalue weighted by Crippen LogP contribution is 2.27. The summed E-state index contributed by atoms with van der Waals surface area (Å²) in [6, 6.07) is 13.3. The summed E-state index contributed by atoms with van der Waals surface area (Å²) in [6.45, 7) is 3.12. The zero-order valence-corrected chi connectivity index (χ0v) is 14.0. The molecule has 0 bridgehead atoms. The van der Waals surface area contributed by atoms with Crippen molar-refractivity contribution in [1.82, 2.24) is 25.4 Å². The molecule has 2 N–H and O–H groups in total. The van der Waals surface area contributed by atoms with Crippen molar-refractivity contribution in [3.63, 3.8) is 0 Å². The van der Waals surface area contributed by atoms with Crippen LogP contribution in [0.25, 0.3) is 11.0 Å². The number of aromatic nitrogens is 3. The Bertz CT molecular complexity index is 868. The molecule has 0 saturated carbocycles. The summed E-state index contributed by atoms with van der Waals surface area (Å²) < 4.78 is 1.91. The molecule has 128 valence electrons. The molecule has 1 aromatic carbocycles. The third-order valence-electron chi connectivity index (χ3n) is 4.63. The molecule has 4 rings (SSSR count). The topological polar surface area (TPSA) is 71.8 Å². The molecule has 1 fully saturated rings. The van der Waals surface area contributed by atoms with Gasteiger partial charge in [-0.1, -0.05) is 18.2 Å². The van der Waals surface area contributed by atoms with E-state index in [0.717, 1.165) is 36.2 Å². The van der Waals surface area contributed by atoms with Gasteiger partial charge in [-0.3, -0.25) is 4.79 Å². The Balaban J connectivity index is 1.49. The molecule has 3 aromatic rings. The molecule has 1 amide bonds. The van der Waals surface area contributed by atoms with E-state index in [1.807, 2.05) is 41.1 Å². The first kappa shape index (κ1) is 15.8. The Morgan fingerprint density at radius 1 is 1.24 bits per heavy atom. The minimum absolute atomic E-state index is 0.0646. The van der Waals surface area contributed by atoms with Gasteiger partial charge < -0.3 is 10.6 Å². The highest BCUT2D eigenvalue weighted by atomic mass is 16.1. The maximum Gasteiger partial charge on any atom is 0.251 e. The normalized spacial score (nSPS) is 17.0. The zero-order valence-electron chi connectivity index (χ0n) is 14.0. The lowest BCUT2D eigenvalue weighted by Gasteiger charge is -2.06. The van der Waals surface area contributed by atoms with Gasteiger partial charge in [-0.15, -0.1) is 0 Å². The van der Waals surface area contributed by atoms with Crippen molar-refractivity contribution in [3.8, 4) is 0 Å². The molecular formula is C19H21N5O. The second-order valence-electron chi connectivity index (χ2n) is 6.29. The fourth-order valence-corrected chi connectivity index (χ4v) is 3.35. The van der Waals surface area contributed by atoms with E-state index in [1.165, 1.54) is 0 Å². The highest BCUT2D eigenvalue weighted by Gasteiger charge is 2.23. The molecular weight excluding hydrogens is 314 g/mol. The van der Waals surface area contributed by atoms with Gasteiger partial charge in [0.15, 0.2) is 5.65 Å². The predicted molar refractivity (Wildman–Crippen MR) is 96.5 cm³/mol. The quantitative estimate of drug-likeness (QED) is 0.747. The van der Waals surface area contributed by atoms with Crippen molar-refractivity contribution in [2.45, 2.75) is 18.9 Å². The summed E-state index contributed by atoms with van der Waals surface area (Å²) in [5, 5.41) is 12.3. The van der Waals surface area contributed by atoms with Gasteiger partial charge in [0, 0.05) is 36.2 Å². The monoisotopic (exact) mass is 335 g/mol. The standard InChI is InChI=1S/C19H21N5O/c25-19(14-5-2-1-3-6-14)22-11-12-24-18-16(7-4-9-21-18)17(23-24)15-8-10-20-13-15/h1-7,9,15,20H,8,10-13H2,(H,22,25)/t15-/m0/s1. The van der Waals surface area contributed by atoms with Crippen molar-refractivity contribution in [3.05, 3.63) is 59.9 Å². The van der Waals surface area contributed by atoms with E-state index in [1.54, 1.807) is 6.20 Å². The van der Waals surface area contributed by atoms with Crippen LogP contribution in [0.1, 0.15) is 28.4 Å². The Morgan fingerprint density at radius 2 is 2.12 bits per heavy atom. The van der Waals surface area contributed by atoms with Crippen LogP contribution in [0.2, 0.25) is 0 Å². The number of carbonyl (C=O) groups excluding carboxylic acids is 1. The largest absolute Gasteiger partial charge is 0.350 e. The molecule has 1 aliphatic rings. The molecule has 0 unspecified atom stereocenters. The van der Waals surface area contributed by atoms with Crippen molar-refractivity contribution in [2.75, 3.05) is 19.6 Å². The molecule has 3 heterocycles. The summed E-state index contributed by atoms with van der Waals surface area (Å²) >= 11 is 0. The van der Waals surface area contributed by atoms with E-state index in [9.17, 15) is 4.79 Å². The molecule has 1 saturated heterocycles. The minimum Gasteiger partial charge on any atom is -0.350 e. The molecule has 25 heavy (non-hydrogen) atoms. The van der Waals surface area contributed by atoms with Crippen molar-refractivity contribution in [2.24, 2.45) is 0 Å². The third kappa shape index (κ3) is 3.25. The molecule has 1 aliphatic heterocycles. The van der Waals surface area contributed by atoms with Gasteiger partial charge in [0.05, 0.1) is 12.2 Å². The third-order valence-corrected chi connectivity index (χ3v) is 4.63. The number of nitrogens with zero attached hydrogens (tertiary/aromatic N) is 3. The van der Waals surface area contributed by atoms with Crippen molar-refractivity contribution < 1.29 is 4.79 Å². The molecule has 0 aliphatic carbocycles. The van der Waals surface area contributed by atoms with Gasteiger partial charge >= 0.3 is 0 Å².